The molecule has 0 spiro atoms. The molecule has 3 rings (SSSR count). The average molecular weight is 431 g/mol. The highest BCUT2D eigenvalue weighted by Crippen LogP contribution is 2.28. The summed E-state index contributed by atoms with van der Waals surface area (Å²) in [5.74, 6) is 1.84. The molecule has 1 saturated carbocycles. The molecular formula is C24H30O5S. The predicted octanol–water partition coefficient (Wildman–Crippen LogP) is 4.36. The van der Waals surface area contributed by atoms with Crippen molar-refractivity contribution in [3.63, 3.8) is 0 Å². The maximum absolute atomic E-state index is 10.3. The quantitative estimate of drug-likeness (QED) is 0.545. The summed E-state index contributed by atoms with van der Waals surface area (Å²) in [7, 11) is -0.576. The monoisotopic (exact) mass is 430 g/mol. The highest BCUT2D eigenvalue weighted by molar-refractivity contribution is 7.71. The van der Waals surface area contributed by atoms with Crippen LogP contribution < -0.4 is 9.47 Å². The third kappa shape index (κ3) is 8.43. The van der Waals surface area contributed by atoms with Crippen molar-refractivity contribution >= 4 is 15.7 Å². The van der Waals surface area contributed by atoms with Crippen molar-refractivity contribution < 1.29 is 23.0 Å². The van der Waals surface area contributed by atoms with Gasteiger partial charge in [0.2, 0.25) is 10.3 Å². The zero-order chi connectivity index (χ0) is 21.9. The molecule has 162 valence electrons. The summed E-state index contributed by atoms with van der Waals surface area (Å²) in [6.07, 6.45) is 2.68. The molecule has 0 radical (unpaired) electrons. The van der Waals surface area contributed by atoms with Crippen LogP contribution in [0.1, 0.15) is 36.8 Å². The van der Waals surface area contributed by atoms with Crippen LogP contribution in [0.4, 0.5) is 0 Å². The Morgan fingerprint density at radius 1 is 1.13 bits per heavy atom. The van der Waals surface area contributed by atoms with E-state index in [9.17, 15) is 13.5 Å². The molecule has 0 heterocycles. The number of allylic oxidation sites excluding steroid dienone is 1. The predicted molar refractivity (Wildman–Crippen MR) is 121 cm³/mol. The minimum atomic E-state index is -2.25. The van der Waals surface area contributed by atoms with Gasteiger partial charge in [0.05, 0.1) is 18.6 Å². The summed E-state index contributed by atoms with van der Waals surface area (Å²) >= 11 is 0. The van der Waals surface area contributed by atoms with Crippen molar-refractivity contribution in [2.24, 2.45) is 5.92 Å². The first-order valence-corrected chi connectivity index (χ1v) is 11.1. The number of aliphatic hydroxyl groups excluding tert-OH is 1. The van der Waals surface area contributed by atoms with Crippen molar-refractivity contribution in [1.82, 2.24) is 0 Å². The molecule has 5 nitrogen and oxygen atoms in total. The first kappa shape index (κ1) is 23.7. The lowest BCUT2D eigenvalue weighted by atomic mass is 9.84. The Labute approximate surface area is 180 Å². The number of hydrogen-bond donors (Lipinski definition) is 1. The molecule has 1 aliphatic carbocycles. The lowest BCUT2D eigenvalue weighted by molar-refractivity contribution is 0.156. The second-order valence-electron chi connectivity index (χ2n) is 7.43. The van der Waals surface area contributed by atoms with E-state index in [-0.39, 0.29) is 5.92 Å². The highest BCUT2D eigenvalue weighted by atomic mass is 32.2. The van der Waals surface area contributed by atoms with Gasteiger partial charge in [-0.15, -0.1) is 0 Å². The largest absolute Gasteiger partial charge is 0.497 e. The fraction of sp³-hybridized carbons (Fsp3) is 0.375. The van der Waals surface area contributed by atoms with Crippen molar-refractivity contribution in [3.8, 4) is 11.5 Å². The van der Waals surface area contributed by atoms with Crippen LogP contribution in [0, 0.1) is 12.8 Å². The maximum atomic E-state index is 10.3. The number of para-hydroxylation sites is 1. The topological polar surface area (TPSA) is 72.8 Å². The molecule has 0 amide bonds. The first-order chi connectivity index (χ1) is 14.4. The van der Waals surface area contributed by atoms with Crippen LogP contribution in [0.3, 0.4) is 0 Å². The van der Waals surface area contributed by atoms with Gasteiger partial charge in [-0.3, -0.25) is 0 Å². The van der Waals surface area contributed by atoms with Crippen LogP contribution in [0.5, 0.6) is 11.5 Å². The molecular weight excluding hydrogens is 400 g/mol. The number of aryl methyl sites for hydroxylation is 1. The first-order valence-electron chi connectivity index (χ1n) is 9.97. The molecule has 6 heteroatoms. The molecule has 30 heavy (non-hydrogen) atoms. The molecule has 1 unspecified atom stereocenters. The second kappa shape index (κ2) is 12.2. The minimum Gasteiger partial charge on any atom is -0.497 e. The number of hydrogen-bond acceptors (Lipinski definition) is 5. The van der Waals surface area contributed by atoms with E-state index in [1.54, 1.807) is 7.11 Å². The molecule has 0 aromatic heterocycles. The molecule has 1 fully saturated rings. The second-order valence-corrected chi connectivity index (χ2v) is 8.23. The standard InChI is InChI=1S/C15H16O2.C9H14O3S/c1-12-8-13(10-15(9-12)16-2)11-17-14-6-4-3-5-7-14;1-7-2-4-8(5-3-7)9(10)6-13(11)12/h3-10H,11H2,1-2H3;6,8-10H,1-5H2. The maximum Gasteiger partial charge on any atom is 0.212 e. The third-order valence-corrected chi connectivity index (χ3v) is 5.47. The number of ether oxygens (including phenoxy) is 2. The van der Waals surface area contributed by atoms with Gasteiger partial charge in [0.15, 0.2) is 0 Å². The molecule has 0 saturated heterocycles. The Balaban J connectivity index is 0.000000222. The van der Waals surface area contributed by atoms with Crippen LogP contribution in [0.25, 0.3) is 0 Å². The molecule has 2 aromatic carbocycles. The summed E-state index contributed by atoms with van der Waals surface area (Å²) in [4.78, 5) is 0. The highest BCUT2D eigenvalue weighted by Gasteiger charge is 2.21. The molecule has 0 bridgehead atoms. The third-order valence-electron chi connectivity index (χ3n) is 4.97. The molecule has 2 aromatic rings. The number of rotatable bonds is 6. The Morgan fingerprint density at radius 3 is 2.40 bits per heavy atom. The van der Waals surface area contributed by atoms with E-state index in [0.717, 1.165) is 48.1 Å². The molecule has 1 atom stereocenters. The van der Waals surface area contributed by atoms with Crippen molar-refractivity contribution in [2.45, 2.75) is 45.3 Å². The number of benzene rings is 2. The van der Waals surface area contributed by atoms with Crippen LogP contribution in [-0.4, -0.2) is 32.1 Å². The zero-order valence-corrected chi connectivity index (χ0v) is 18.4. The van der Waals surface area contributed by atoms with Gasteiger partial charge in [-0.05, 0) is 73.9 Å². The molecule has 0 aliphatic heterocycles. The van der Waals surface area contributed by atoms with Gasteiger partial charge < -0.3 is 14.6 Å². The van der Waals surface area contributed by atoms with Crippen molar-refractivity contribution in [3.05, 3.63) is 71.8 Å². The van der Waals surface area contributed by atoms with Gasteiger partial charge in [0.25, 0.3) is 0 Å². The van der Waals surface area contributed by atoms with Gasteiger partial charge in [-0.25, -0.2) is 0 Å². The van der Waals surface area contributed by atoms with Gasteiger partial charge >= 0.3 is 0 Å². The lowest BCUT2D eigenvalue weighted by Gasteiger charge is -2.25. The lowest BCUT2D eigenvalue weighted by Crippen LogP contribution is -2.24. The number of methoxy groups -OCH3 is 1. The van der Waals surface area contributed by atoms with Crippen LogP contribution in [0.15, 0.2) is 60.7 Å². The van der Waals surface area contributed by atoms with Crippen LogP contribution >= 0.6 is 0 Å². The van der Waals surface area contributed by atoms with E-state index >= 15 is 0 Å². The van der Waals surface area contributed by atoms with Crippen LogP contribution in [-0.2, 0) is 16.9 Å². The Kier molecular flexibility index (Phi) is 9.64. The molecule has 1 N–H and O–H groups in total. The number of aliphatic hydroxyl groups is 1. The fourth-order valence-electron chi connectivity index (χ4n) is 3.32. The average Bonchev–Trinajstić information content (AvgIpc) is 2.73. The van der Waals surface area contributed by atoms with Gasteiger partial charge in [-0.1, -0.05) is 36.4 Å². The van der Waals surface area contributed by atoms with E-state index in [1.165, 1.54) is 11.1 Å². The van der Waals surface area contributed by atoms with E-state index in [4.69, 9.17) is 9.47 Å². The fourth-order valence-corrected chi connectivity index (χ4v) is 3.77. The minimum absolute atomic E-state index is 0.0865. The normalized spacial score (nSPS) is 14.8. The SMILES string of the molecule is C=C1CCC(C(O)C=S(=O)=O)CC1.COc1cc(C)cc(COc2ccccc2)c1. The smallest absolute Gasteiger partial charge is 0.212 e. The zero-order valence-electron chi connectivity index (χ0n) is 17.6. The summed E-state index contributed by atoms with van der Waals surface area (Å²) in [5.41, 5.74) is 3.49. The summed E-state index contributed by atoms with van der Waals surface area (Å²) in [5, 5.41) is 10.4. The van der Waals surface area contributed by atoms with Gasteiger partial charge in [0, 0.05) is 0 Å². The van der Waals surface area contributed by atoms with E-state index < -0.39 is 16.4 Å². The van der Waals surface area contributed by atoms with E-state index in [2.05, 4.69) is 19.6 Å². The van der Waals surface area contributed by atoms with Gasteiger partial charge in [0.1, 0.15) is 18.1 Å². The molecule has 1 aliphatic rings. The van der Waals surface area contributed by atoms with E-state index in [0.29, 0.717) is 6.61 Å². The Bertz CT molecular complexity index is 933. The Morgan fingerprint density at radius 2 is 1.80 bits per heavy atom. The van der Waals surface area contributed by atoms with Crippen molar-refractivity contribution in [1.29, 1.82) is 0 Å². The summed E-state index contributed by atoms with van der Waals surface area (Å²) in [6.45, 7) is 6.46. The van der Waals surface area contributed by atoms with E-state index in [1.807, 2.05) is 42.5 Å². The van der Waals surface area contributed by atoms with Crippen molar-refractivity contribution in [2.75, 3.05) is 7.11 Å². The summed E-state index contributed by atoms with van der Waals surface area (Å²) < 4.78 is 31.5. The Hall–Kier alpha value is -2.57. The summed E-state index contributed by atoms with van der Waals surface area (Å²) in [6, 6.07) is 15.9. The van der Waals surface area contributed by atoms with Crippen LogP contribution in [0.2, 0.25) is 0 Å². The van der Waals surface area contributed by atoms with Gasteiger partial charge in [-0.2, -0.15) is 8.42 Å².